The molecule has 0 bridgehead atoms. The maximum atomic E-state index is 12.1. The van der Waals surface area contributed by atoms with E-state index in [-0.39, 0.29) is 27.2 Å². The van der Waals surface area contributed by atoms with Gasteiger partial charge in [-0.1, -0.05) is 0 Å². The molecule has 0 amide bonds. The second-order valence-electron chi connectivity index (χ2n) is 4.87. The summed E-state index contributed by atoms with van der Waals surface area (Å²) < 4.78 is 8.87. The van der Waals surface area contributed by atoms with E-state index in [9.17, 15) is 9.59 Å². The SMILES string of the molecule is CCOCn1c([Se]c2cccc(C)c2)c(CC)c(=O)[nH]c1=O. The quantitative estimate of drug-likeness (QED) is 0.735. The molecule has 0 fully saturated rings. The van der Waals surface area contributed by atoms with Crippen LogP contribution in [0.1, 0.15) is 25.0 Å². The Morgan fingerprint density at radius 3 is 2.68 bits per heavy atom. The Bertz CT molecular complexity index is 765. The summed E-state index contributed by atoms with van der Waals surface area (Å²) in [6, 6.07) is 8.15. The third-order valence-corrected chi connectivity index (χ3v) is 5.64. The predicted molar refractivity (Wildman–Crippen MR) is 88.5 cm³/mol. The summed E-state index contributed by atoms with van der Waals surface area (Å²) in [6.45, 7) is 6.52. The molecule has 0 saturated carbocycles. The Morgan fingerprint density at radius 2 is 2.05 bits per heavy atom. The Morgan fingerprint density at radius 1 is 1.27 bits per heavy atom. The van der Waals surface area contributed by atoms with Gasteiger partial charge < -0.3 is 0 Å². The number of H-pyrrole nitrogens is 1. The van der Waals surface area contributed by atoms with Gasteiger partial charge in [0.2, 0.25) is 0 Å². The third-order valence-electron chi connectivity index (χ3n) is 3.23. The van der Waals surface area contributed by atoms with E-state index in [1.54, 1.807) is 4.57 Å². The standard InChI is InChI=1S/C16H20N2O3Se/c1-4-13-14(19)17-16(20)18(10-21-5-2)15(13)22-12-8-6-7-11(3)9-12/h6-9H,4-5,10H2,1-3H3,(H,17,19,20). The molecular weight excluding hydrogens is 347 g/mol. The summed E-state index contributed by atoms with van der Waals surface area (Å²) in [5, 5.41) is 0. The van der Waals surface area contributed by atoms with Gasteiger partial charge in [0.1, 0.15) is 0 Å². The van der Waals surface area contributed by atoms with Gasteiger partial charge >= 0.3 is 135 Å². The summed E-state index contributed by atoms with van der Waals surface area (Å²) in [7, 11) is 0. The second-order valence-corrected chi connectivity index (χ2v) is 7.09. The van der Waals surface area contributed by atoms with E-state index in [1.807, 2.05) is 39.0 Å². The molecule has 1 heterocycles. The van der Waals surface area contributed by atoms with E-state index in [2.05, 4.69) is 11.1 Å². The molecule has 0 spiro atoms. The number of ether oxygens (including phenoxy) is 1. The predicted octanol–water partition coefficient (Wildman–Crippen LogP) is 0.0564. The molecule has 0 unspecified atom stereocenters. The first-order chi connectivity index (χ1) is 10.6. The molecular formula is C16H20N2O3Se. The molecule has 22 heavy (non-hydrogen) atoms. The number of hydrogen-bond acceptors (Lipinski definition) is 3. The minimum atomic E-state index is -0.403. The molecule has 2 aromatic rings. The van der Waals surface area contributed by atoms with Crippen LogP contribution in [0.2, 0.25) is 0 Å². The molecule has 0 aliphatic rings. The molecule has 1 aromatic heterocycles. The Kier molecular flexibility index (Phi) is 5.77. The van der Waals surface area contributed by atoms with Crippen molar-refractivity contribution in [2.45, 2.75) is 33.9 Å². The van der Waals surface area contributed by atoms with Crippen LogP contribution < -0.4 is 20.3 Å². The number of aromatic nitrogens is 2. The fourth-order valence-electron chi connectivity index (χ4n) is 2.11. The Balaban J connectivity index is 2.55. The molecule has 5 nitrogen and oxygen atoms in total. The van der Waals surface area contributed by atoms with Crippen LogP contribution in [0.25, 0.3) is 0 Å². The van der Waals surface area contributed by atoms with Crippen molar-refractivity contribution in [3.8, 4) is 0 Å². The summed E-state index contributed by atoms with van der Waals surface area (Å²) in [5.41, 5.74) is 1.15. The number of aryl methyl sites for hydroxylation is 1. The van der Waals surface area contributed by atoms with Crippen LogP contribution in [-0.2, 0) is 17.9 Å². The number of hydrogen-bond donors (Lipinski definition) is 1. The molecule has 0 aliphatic carbocycles. The van der Waals surface area contributed by atoms with Gasteiger partial charge in [0.25, 0.3) is 0 Å². The summed E-state index contributed by atoms with van der Waals surface area (Å²) in [5.74, 6) is 0. The van der Waals surface area contributed by atoms with Crippen LogP contribution in [0.5, 0.6) is 0 Å². The molecule has 0 radical (unpaired) electrons. The molecule has 118 valence electrons. The van der Waals surface area contributed by atoms with Gasteiger partial charge in [0.15, 0.2) is 0 Å². The van der Waals surface area contributed by atoms with Crippen molar-refractivity contribution in [1.29, 1.82) is 0 Å². The van der Waals surface area contributed by atoms with Gasteiger partial charge in [-0.05, 0) is 0 Å². The maximum absolute atomic E-state index is 12.1. The van der Waals surface area contributed by atoms with Crippen LogP contribution in [0.15, 0.2) is 33.9 Å². The first-order valence-electron chi connectivity index (χ1n) is 7.25. The van der Waals surface area contributed by atoms with Gasteiger partial charge in [-0.15, -0.1) is 0 Å². The third kappa shape index (κ3) is 3.77. The molecule has 0 saturated heterocycles. The second kappa shape index (κ2) is 7.58. The van der Waals surface area contributed by atoms with Crippen LogP contribution in [-0.4, -0.2) is 31.1 Å². The normalized spacial score (nSPS) is 10.9. The number of aromatic amines is 1. The van der Waals surface area contributed by atoms with Crippen molar-refractivity contribution in [3.05, 3.63) is 56.2 Å². The first kappa shape index (κ1) is 16.7. The van der Waals surface area contributed by atoms with Gasteiger partial charge in [-0.2, -0.15) is 0 Å². The molecule has 0 aliphatic heterocycles. The topological polar surface area (TPSA) is 64.1 Å². The fourth-order valence-corrected chi connectivity index (χ4v) is 4.67. The van der Waals surface area contributed by atoms with E-state index in [4.69, 9.17) is 4.74 Å². The van der Waals surface area contributed by atoms with Crippen molar-refractivity contribution >= 4 is 24.0 Å². The van der Waals surface area contributed by atoms with Crippen molar-refractivity contribution in [2.24, 2.45) is 0 Å². The summed E-state index contributed by atoms with van der Waals surface area (Å²) in [4.78, 5) is 26.6. The van der Waals surface area contributed by atoms with E-state index in [0.29, 0.717) is 18.6 Å². The van der Waals surface area contributed by atoms with Gasteiger partial charge in [-0.3, -0.25) is 0 Å². The minimum absolute atomic E-state index is 0.123. The zero-order valence-electron chi connectivity index (χ0n) is 13.0. The first-order valence-corrected chi connectivity index (χ1v) is 8.96. The van der Waals surface area contributed by atoms with Gasteiger partial charge in [0, 0.05) is 0 Å². The molecule has 2 rings (SSSR count). The monoisotopic (exact) mass is 368 g/mol. The van der Waals surface area contributed by atoms with E-state index in [0.717, 1.165) is 9.05 Å². The van der Waals surface area contributed by atoms with Gasteiger partial charge in [0.05, 0.1) is 0 Å². The average molecular weight is 367 g/mol. The van der Waals surface area contributed by atoms with Crippen LogP contribution in [0.3, 0.4) is 0 Å². The van der Waals surface area contributed by atoms with Crippen molar-refractivity contribution in [3.63, 3.8) is 0 Å². The zero-order valence-corrected chi connectivity index (χ0v) is 14.7. The van der Waals surface area contributed by atoms with Crippen LogP contribution in [0, 0.1) is 6.92 Å². The molecule has 1 aromatic carbocycles. The average Bonchev–Trinajstić information content (AvgIpc) is 2.47. The zero-order chi connectivity index (χ0) is 16.1. The van der Waals surface area contributed by atoms with Crippen molar-refractivity contribution in [2.75, 3.05) is 6.61 Å². The van der Waals surface area contributed by atoms with E-state index < -0.39 is 5.69 Å². The van der Waals surface area contributed by atoms with E-state index in [1.165, 1.54) is 5.56 Å². The van der Waals surface area contributed by atoms with Crippen LogP contribution >= 0.6 is 0 Å². The van der Waals surface area contributed by atoms with Gasteiger partial charge in [-0.25, -0.2) is 0 Å². The number of nitrogens with one attached hydrogen (secondary N) is 1. The Hall–Kier alpha value is -1.62. The molecule has 1 N–H and O–H groups in total. The summed E-state index contributed by atoms with van der Waals surface area (Å²) in [6.07, 6.45) is 0.588. The fraction of sp³-hybridized carbons (Fsp3) is 0.375. The molecule has 0 atom stereocenters. The number of rotatable bonds is 6. The van der Waals surface area contributed by atoms with E-state index >= 15 is 0 Å². The van der Waals surface area contributed by atoms with Crippen LogP contribution in [0.4, 0.5) is 0 Å². The number of nitrogens with zero attached hydrogens (tertiary/aromatic N) is 1. The Labute approximate surface area is 135 Å². The summed E-state index contributed by atoms with van der Waals surface area (Å²) >= 11 is -0.123. The van der Waals surface area contributed by atoms with Crippen molar-refractivity contribution < 1.29 is 4.74 Å². The number of benzene rings is 1. The van der Waals surface area contributed by atoms with Crippen molar-refractivity contribution in [1.82, 2.24) is 9.55 Å². The molecule has 6 heteroatoms.